The minimum atomic E-state index is -0.418. The summed E-state index contributed by atoms with van der Waals surface area (Å²) in [5, 5.41) is 0. The number of hydrogen-bond donors (Lipinski definition) is 1. The Bertz CT molecular complexity index is 479. The van der Waals surface area contributed by atoms with Gasteiger partial charge in [-0.2, -0.15) is 0 Å². The van der Waals surface area contributed by atoms with Crippen LogP contribution in [0.25, 0.3) is 0 Å². The Morgan fingerprint density at radius 3 is 2.78 bits per heavy atom. The van der Waals surface area contributed by atoms with Crippen molar-refractivity contribution in [2.75, 3.05) is 5.73 Å². The second-order valence-corrected chi connectivity index (χ2v) is 4.74. The van der Waals surface area contributed by atoms with E-state index in [1.54, 1.807) is 0 Å². The Morgan fingerprint density at radius 1 is 1.17 bits per heavy atom. The summed E-state index contributed by atoms with van der Waals surface area (Å²) < 4.78 is 13.2. The summed E-state index contributed by atoms with van der Waals surface area (Å²) in [6.07, 6.45) is 8.21. The monoisotopic (exact) mass is 247 g/mol. The largest absolute Gasteiger partial charge is 0.398 e. The molecule has 1 aromatic rings. The third-order valence-corrected chi connectivity index (χ3v) is 3.34. The first-order valence-corrected chi connectivity index (χ1v) is 6.47. The van der Waals surface area contributed by atoms with Crippen LogP contribution in [0.5, 0.6) is 0 Å². The Morgan fingerprint density at radius 2 is 1.94 bits per heavy atom. The summed E-state index contributed by atoms with van der Waals surface area (Å²) in [7, 11) is 0. The molecule has 0 radical (unpaired) electrons. The fourth-order valence-corrected chi connectivity index (χ4v) is 2.30. The molecule has 0 spiro atoms. The maximum atomic E-state index is 13.2. The normalized spacial score (nSPS) is 19.5. The molecule has 2 N–H and O–H groups in total. The van der Waals surface area contributed by atoms with Crippen LogP contribution < -0.4 is 5.73 Å². The van der Waals surface area contributed by atoms with Gasteiger partial charge in [0.1, 0.15) is 5.82 Å². The number of ketones is 1. The summed E-state index contributed by atoms with van der Waals surface area (Å²) in [6.45, 7) is 0. The Balaban J connectivity index is 2.26. The van der Waals surface area contributed by atoms with E-state index in [-0.39, 0.29) is 5.78 Å². The zero-order chi connectivity index (χ0) is 13.0. The van der Waals surface area contributed by atoms with Crippen molar-refractivity contribution in [3.63, 3.8) is 0 Å². The fourth-order valence-electron chi connectivity index (χ4n) is 2.30. The Labute approximate surface area is 107 Å². The summed E-state index contributed by atoms with van der Waals surface area (Å²) in [4.78, 5) is 12.3. The van der Waals surface area contributed by atoms with E-state index in [0.29, 0.717) is 11.3 Å². The molecule has 0 unspecified atom stereocenters. The molecule has 0 atom stereocenters. The van der Waals surface area contributed by atoms with Gasteiger partial charge in [0.25, 0.3) is 0 Å². The number of carbonyl (C=O) groups excluding carboxylic acids is 1. The summed E-state index contributed by atoms with van der Waals surface area (Å²) in [5.41, 5.74) is 7.18. The van der Waals surface area contributed by atoms with Crippen LogP contribution in [0.2, 0.25) is 0 Å². The van der Waals surface area contributed by atoms with E-state index in [0.717, 1.165) is 37.7 Å². The standard InChI is InChI=1S/C15H18FNO/c16-12-8-9-14(17)13(10-12)15(18)11-6-4-2-1-3-5-7-11/h6,8-10H,1-5,7,17H2/b11-6+. The smallest absolute Gasteiger partial charge is 0.190 e. The van der Waals surface area contributed by atoms with Crippen molar-refractivity contribution in [3.05, 3.63) is 41.2 Å². The van der Waals surface area contributed by atoms with Crippen LogP contribution in [-0.4, -0.2) is 5.78 Å². The molecule has 3 heteroatoms. The number of Topliss-reactive ketones (excluding diaryl/α,β-unsaturated/α-hetero) is 1. The molecular formula is C15H18FNO. The topological polar surface area (TPSA) is 43.1 Å². The van der Waals surface area contributed by atoms with Crippen molar-refractivity contribution in [2.24, 2.45) is 0 Å². The molecular weight excluding hydrogens is 229 g/mol. The first kappa shape index (κ1) is 12.8. The lowest BCUT2D eigenvalue weighted by molar-refractivity contribution is 0.103. The third kappa shape index (κ3) is 2.97. The van der Waals surface area contributed by atoms with E-state index in [1.165, 1.54) is 24.6 Å². The average Bonchev–Trinajstić information content (AvgIpc) is 2.31. The fraction of sp³-hybridized carbons (Fsp3) is 0.400. The molecule has 0 bridgehead atoms. The van der Waals surface area contributed by atoms with Crippen LogP contribution in [0.3, 0.4) is 0 Å². The van der Waals surface area contributed by atoms with Gasteiger partial charge in [0, 0.05) is 11.3 Å². The number of anilines is 1. The first-order valence-electron chi connectivity index (χ1n) is 6.47. The summed E-state index contributed by atoms with van der Waals surface area (Å²) in [6, 6.07) is 3.96. The molecule has 0 saturated heterocycles. The van der Waals surface area contributed by atoms with Gasteiger partial charge in [0.15, 0.2) is 5.78 Å². The highest BCUT2D eigenvalue weighted by Crippen LogP contribution is 2.23. The van der Waals surface area contributed by atoms with Crippen molar-refractivity contribution in [1.29, 1.82) is 0 Å². The lowest BCUT2D eigenvalue weighted by atomic mass is 9.93. The van der Waals surface area contributed by atoms with Crippen LogP contribution in [0.15, 0.2) is 29.8 Å². The first-order chi connectivity index (χ1) is 8.68. The van der Waals surface area contributed by atoms with Crippen molar-refractivity contribution in [1.82, 2.24) is 0 Å². The van der Waals surface area contributed by atoms with Gasteiger partial charge in [0.2, 0.25) is 0 Å². The highest BCUT2D eigenvalue weighted by Gasteiger charge is 2.16. The number of hydrogen-bond acceptors (Lipinski definition) is 2. The Kier molecular flexibility index (Phi) is 4.13. The molecule has 2 nitrogen and oxygen atoms in total. The third-order valence-electron chi connectivity index (χ3n) is 3.34. The average molecular weight is 247 g/mol. The van der Waals surface area contributed by atoms with E-state index in [1.807, 2.05) is 6.08 Å². The van der Waals surface area contributed by atoms with Gasteiger partial charge in [-0.3, -0.25) is 4.79 Å². The van der Waals surface area contributed by atoms with Crippen LogP contribution in [0.1, 0.15) is 48.9 Å². The second kappa shape index (κ2) is 5.80. The van der Waals surface area contributed by atoms with E-state index < -0.39 is 5.82 Å². The van der Waals surface area contributed by atoms with Gasteiger partial charge < -0.3 is 5.73 Å². The molecule has 18 heavy (non-hydrogen) atoms. The lowest BCUT2D eigenvalue weighted by Crippen LogP contribution is -2.08. The van der Waals surface area contributed by atoms with Crippen LogP contribution in [-0.2, 0) is 0 Å². The number of allylic oxidation sites excluding steroid dienone is 2. The predicted octanol–water partition coefficient (Wildman–Crippen LogP) is 3.87. The number of nitrogens with two attached hydrogens (primary N) is 1. The van der Waals surface area contributed by atoms with E-state index in [4.69, 9.17) is 5.73 Å². The molecule has 1 aliphatic carbocycles. The maximum absolute atomic E-state index is 13.2. The van der Waals surface area contributed by atoms with Crippen molar-refractivity contribution in [2.45, 2.75) is 38.5 Å². The zero-order valence-corrected chi connectivity index (χ0v) is 10.4. The minimum Gasteiger partial charge on any atom is -0.398 e. The van der Waals surface area contributed by atoms with Gasteiger partial charge in [-0.05, 0) is 49.5 Å². The molecule has 0 amide bonds. The molecule has 0 saturated carbocycles. The minimum absolute atomic E-state index is 0.117. The molecule has 1 aliphatic rings. The molecule has 0 aliphatic heterocycles. The van der Waals surface area contributed by atoms with Gasteiger partial charge in [-0.1, -0.05) is 18.9 Å². The summed E-state index contributed by atoms with van der Waals surface area (Å²) in [5.74, 6) is -0.534. The zero-order valence-electron chi connectivity index (χ0n) is 10.4. The van der Waals surface area contributed by atoms with Crippen LogP contribution in [0.4, 0.5) is 10.1 Å². The predicted molar refractivity (Wildman–Crippen MR) is 70.9 cm³/mol. The summed E-state index contributed by atoms with van der Waals surface area (Å²) >= 11 is 0. The van der Waals surface area contributed by atoms with E-state index in [9.17, 15) is 9.18 Å². The van der Waals surface area contributed by atoms with Crippen molar-refractivity contribution < 1.29 is 9.18 Å². The Hall–Kier alpha value is -1.64. The lowest BCUT2D eigenvalue weighted by Gasteiger charge is -2.11. The molecule has 0 aromatic heterocycles. The SMILES string of the molecule is Nc1ccc(F)cc1C(=O)/C1=C/CCCCCC1. The number of rotatable bonds is 2. The number of carbonyl (C=O) groups is 1. The highest BCUT2D eigenvalue weighted by atomic mass is 19.1. The quantitative estimate of drug-likeness (QED) is 0.636. The van der Waals surface area contributed by atoms with Crippen molar-refractivity contribution in [3.8, 4) is 0 Å². The second-order valence-electron chi connectivity index (χ2n) is 4.74. The van der Waals surface area contributed by atoms with Crippen LogP contribution in [0, 0.1) is 5.82 Å². The molecule has 0 heterocycles. The van der Waals surface area contributed by atoms with Crippen LogP contribution >= 0.6 is 0 Å². The van der Waals surface area contributed by atoms with E-state index in [2.05, 4.69) is 0 Å². The van der Waals surface area contributed by atoms with Gasteiger partial charge in [-0.15, -0.1) is 0 Å². The number of halogens is 1. The number of benzene rings is 1. The van der Waals surface area contributed by atoms with E-state index >= 15 is 0 Å². The molecule has 0 fully saturated rings. The van der Waals surface area contributed by atoms with Crippen molar-refractivity contribution >= 4 is 11.5 Å². The number of nitrogen functional groups attached to an aromatic ring is 1. The van der Waals surface area contributed by atoms with Gasteiger partial charge in [0.05, 0.1) is 0 Å². The van der Waals surface area contributed by atoms with Gasteiger partial charge in [-0.25, -0.2) is 4.39 Å². The van der Waals surface area contributed by atoms with Gasteiger partial charge >= 0.3 is 0 Å². The maximum Gasteiger partial charge on any atom is 0.190 e. The molecule has 96 valence electrons. The molecule has 2 rings (SSSR count). The highest BCUT2D eigenvalue weighted by molar-refractivity contribution is 6.11. The molecule has 1 aromatic carbocycles.